The van der Waals surface area contributed by atoms with Gasteiger partial charge in [-0.25, -0.2) is 4.98 Å². The maximum Gasteiger partial charge on any atom is 0.273 e. The Balaban J connectivity index is 1.75. The van der Waals surface area contributed by atoms with Gasteiger partial charge in [0.15, 0.2) is 0 Å². The molecule has 0 aliphatic carbocycles. The Morgan fingerprint density at radius 1 is 1.23 bits per heavy atom. The second-order valence-corrected chi connectivity index (χ2v) is 6.98. The number of aromatic nitrogens is 1. The minimum Gasteiger partial charge on any atom is -0.336 e. The molecule has 22 heavy (non-hydrogen) atoms. The van der Waals surface area contributed by atoms with Crippen LogP contribution >= 0.6 is 34.3 Å². The van der Waals surface area contributed by atoms with Crippen LogP contribution in [0.1, 0.15) is 16.1 Å². The van der Waals surface area contributed by atoms with Crippen molar-refractivity contribution >= 4 is 40.2 Å². The van der Waals surface area contributed by atoms with Gasteiger partial charge in [0.2, 0.25) is 0 Å². The number of thiophene rings is 1. The molecule has 0 saturated carbocycles. The summed E-state index contributed by atoms with van der Waals surface area (Å²) in [5.74, 6) is -0.0982. The molecule has 0 N–H and O–H groups in total. The van der Waals surface area contributed by atoms with Crippen LogP contribution in [0.5, 0.6) is 0 Å². The van der Waals surface area contributed by atoms with Gasteiger partial charge in [0.05, 0.1) is 4.88 Å². The van der Waals surface area contributed by atoms with Gasteiger partial charge in [0.25, 0.3) is 5.91 Å². The van der Waals surface area contributed by atoms with Gasteiger partial charge >= 0.3 is 0 Å². The first-order valence-electron chi connectivity index (χ1n) is 6.63. The molecular weight excluding hydrogens is 336 g/mol. The number of halogens is 1. The van der Waals surface area contributed by atoms with Crippen molar-refractivity contribution in [1.29, 1.82) is 0 Å². The lowest BCUT2D eigenvalue weighted by molar-refractivity contribution is 0.0780. The predicted molar refractivity (Wildman–Crippen MR) is 92.7 cm³/mol. The highest BCUT2D eigenvalue weighted by molar-refractivity contribution is 7.20. The minimum atomic E-state index is -0.0982. The molecule has 112 valence electrons. The first kappa shape index (κ1) is 15.2. The number of carbonyl (C=O) groups excluding carboxylic acids is 1. The largest absolute Gasteiger partial charge is 0.336 e. The third kappa shape index (κ3) is 3.21. The molecule has 3 aromatic rings. The number of amides is 1. The maximum atomic E-state index is 12.5. The summed E-state index contributed by atoms with van der Waals surface area (Å²) in [7, 11) is 1.76. The van der Waals surface area contributed by atoms with Crippen molar-refractivity contribution in [3.05, 3.63) is 63.4 Å². The van der Waals surface area contributed by atoms with Gasteiger partial charge in [0, 0.05) is 24.0 Å². The van der Waals surface area contributed by atoms with Gasteiger partial charge in [-0.1, -0.05) is 35.9 Å². The highest BCUT2D eigenvalue weighted by Gasteiger charge is 2.17. The van der Waals surface area contributed by atoms with Gasteiger partial charge in [-0.05, 0) is 23.1 Å². The summed E-state index contributed by atoms with van der Waals surface area (Å²) in [6, 6.07) is 11.5. The molecule has 1 amide bonds. The Kier molecular flexibility index (Phi) is 4.57. The number of benzene rings is 1. The maximum absolute atomic E-state index is 12.5. The summed E-state index contributed by atoms with van der Waals surface area (Å²) < 4.78 is 0. The lowest BCUT2D eigenvalue weighted by atomic mass is 10.2. The quantitative estimate of drug-likeness (QED) is 0.678. The summed E-state index contributed by atoms with van der Waals surface area (Å²) in [4.78, 5) is 19.6. The first-order chi connectivity index (χ1) is 10.6. The normalized spacial score (nSPS) is 10.6. The van der Waals surface area contributed by atoms with Crippen LogP contribution in [0.15, 0.2) is 47.2 Å². The van der Waals surface area contributed by atoms with E-state index in [9.17, 15) is 4.79 Å². The van der Waals surface area contributed by atoms with E-state index in [1.807, 2.05) is 41.8 Å². The molecule has 3 nitrogen and oxygen atoms in total. The van der Waals surface area contributed by atoms with Crippen LogP contribution in [0.3, 0.4) is 0 Å². The smallest absolute Gasteiger partial charge is 0.273 e. The van der Waals surface area contributed by atoms with E-state index < -0.39 is 0 Å². The number of hydrogen-bond donors (Lipinski definition) is 0. The van der Waals surface area contributed by atoms with E-state index in [4.69, 9.17) is 11.6 Å². The Bertz CT molecular complexity index is 783. The molecule has 0 bridgehead atoms. The fourth-order valence-electron chi connectivity index (χ4n) is 2.03. The molecule has 6 heteroatoms. The molecule has 2 heterocycles. The van der Waals surface area contributed by atoms with Crippen LogP contribution < -0.4 is 0 Å². The van der Waals surface area contributed by atoms with Crippen molar-refractivity contribution in [2.45, 2.75) is 6.54 Å². The number of carbonyl (C=O) groups is 1. The van der Waals surface area contributed by atoms with Crippen molar-refractivity contribution < 1.29 is 4.79 Å². The van der Waals surface area contributed by atoms with E-state index in [1.165, 1.54) is 11.3 Å². The SMILES string of the molecule is CN(Cc1ccccc1Cl)C(=O)c1csc(-c2cccs2)n1. The van der Waals surface area contributed by atoms with Crippen LogP contribution in [0.25, 0.3) is 9.88 Å². The van der Waals surface area contributed by atoms with Crippen LogP contribution in [0, 0.1) is 0 Å². The number of thiazole rings is 1. The van der Waals surface area contributed by atoms with Crippen LogP contribution in [0.2, 0.25) is 5.02 Å². The fraction of sp³-hybridized carbons (Fsp3) is 0.125. The summed E-state index contributed by atoms with van der Waals surface area (Å²) >= 11 is 9.25. The first-order valence-corrected chi connectivity index (χ1v) is 8.77. The molecule has 0 spiro atoms. The molecule has 0 fully saturated rings. The highest BCUT2D eigenvalue weighted by Crippen LogP contribution is 2.28. The lowest BCUT2D eigenvalue weighted by Crippen LogP contribution is -2.26. The molecule has 0 saturated heterocycles. The van der Waals surface area contributed by atoms with Gasteiger partial charge in [-0.3, -0.25) is 4.79 Å². The van der Waals surface area contributed by atoms with Crippen molar-refractivity contribution in [2.75, 3.05) is 7.05 Å². The molecule has 0 aliphatic heterocycles. The topological polar surface area (TPSA) is 33.2 Å². The monoisotopic (exact) mass is 348 g/mol. The lowest BCUT2D eigenvalue weighted by Gasteiger charge is -2.16. The van der Waals surface area contributed by atoms with E-state index in [1.54, 1.807) is 28.7 Å². The zero-order valence-electron chi connectivity index (χ0n) is 11.8. The summed E-state index contributed by atoms with van der Waals surface area (Å²) in [5, 5.41) is 5.35. The van der Waals surface area contributed by atoms with E-state index in [0.29, 0.717) is 17.3 Å². The zero-order chi connectivity index (χ0) is 15.5. The third-order valence-electron chi connectivity index (χ3n) is 3.17. The predicted octanol–water partition coefficient (Wildman–Crippen LogP) is 4.80. The zero-order valence-corrected chi connectivity index (χ0v) is 14.2. The number of hydrogen-bond acceptors (Lipinski definition) is 4. The van der Waals surface area contributed by atoms with Gasteiger partial charge in [-0.15, -0.1) is 22.7 Å². The minimum absolute atomic E-state index is 0.0982. The van der Waals surface area contributed by atoms with E-state index in [2.05, 4.69) is 4.98 Å². The van der Waals surface area contributed by atoms with Gasteiger partial charge < -0.3 is 4.90 Å². The number of rotatable bonds is 4. The van der Waals surface area contributed by atoms with E-state index in [0.717, 1.165) is 15.4 Å². The highest BCUT2D eigenvalue weighted by atomic mass is 35.5. The molecular formula is C16H13ClN2OS2. The second kappa shape index (κ2) is 6.60. The summed E-state index contributed by atoms with van der Waals surface area (Å²) in [6.07, 6.45) is 0. The molecule has 2 aromatic heterocycles. The van der Waals surface area contributed by atoms with Gasteiger partial charge in [0.1, 0.15) is 10.7 Å². The Hall–Kier alpha value is -1.69. The molecule has 0 unspecified atom stereocenters. The Labute approximate surface area is 141 Å². The van der Waals surface area contributed by atoms with Crippen LogP contribution in [0.4, 0.5) is 0 Å². The number of nitrogens with zero attached hydrogens (tertiary/aromatic N) is 2. The van der Waals surface area contributed by atoms with Gasteiger partial charge in [-0.2, -0.15) is 0 Å². The summed E-state index contributed by atoms with van der Waals surface area (Å²) in [5.41, 5.74) is 1.40. The second-order valence-electron chi connectivity index (χ2n) is 4.77. The van der Waals surface area contributed by atoms with E-state index in [-0.39, 0.29) is 5.91 Å². The molecule has 0 aliphatic rings. The van der Waals surface area contributed by atoms with Crippen LogP contribution in [-0.4, -0.2) is 22.8 Å². The molecule has 0 atom stereocenters. The average Bonchev–Trinajstić information content (AvgIpc) is 3.19. The Morgan fingerprint density at radius 2 is 2.05 bits per heavy atom. The fourth-order valence-corrected chi connectivity index (χ4v) is 3.84. The standard InChI is InChI=1S/C16H13ClN2OS2/c1-19(9-11-5-2-3-6-12(11)17)16(20)13-10-22-15(18-13)14-7-4-8-21-14/h2-8,10H,9H2,1H3. The van der Waals surface area contributed by atoms with E-state index >= 15 is 0 Å². The third-order valence-corrected chi connectivity index (χ3v) is 5.42. The average molecular weight is 349 g/mol. The molecule has 0 radical (unpaired) electrons. The van der Waals surface area contributed by atoms with Crippen molar-refractivity contribution in [3.8, 4) is 9.88 Å². The summed E-state index contributed by atoms with van der Waals surface area (Å²) in [6.45, 7) is 0.463. The van der Waals surface area contributed by atoms with Crippen molar-refractivity contribution in [2.24, 2.45) is 0 Å². The van der Waals surface area contributed by atoms with Crippen molar-refractivity contribution in [1.82, 2.24) is 9.88 Å². The van der Waals surface area contributed by atoms with Crippen molar-refractivity contribution in [3.63, 3.8) is 0 Å². The molecule has 3 rings (SSSR count). The molecule has 1 aromatic carbocycles. The Morgan fingerprint density at radius 3 is 2.77 bits per heavy atom. The van der Waals surface area contributed by atoms with Crippen LogP contribution in [-0.2, 0) is 6.54 Å².